The number of Topliss-reactive ketones (excluding diaryl/α,β-unsaturated/α-hetero) is 1. The average molecular weight is 303 g/mol. The average Bonchev–Trinajstić information content (AvgIpc) is 2.93. The van der Waals surface area contributed by atoms with Crippen LogP contribution in [0.15, 0.2) is 24.4 Å². The summed E-state index contributed by atoms with van der Waals surface area (Å²) in [6.07, 6.45) is 1.79. The highest BCUT2D eigenvalue weighted by Crippen LogP contribution is 2.26. The van der Waals surface area contributed by atoms with Gasteiger partial charge in [0.05, 0.1) is 17.7 Å². The topological polar surface area (TPSA) is 103 Å². The molecule has 1 aromatic heterocycles. The van der Waals surface area contributed by atoms with Crippen LogP contribution in [0, 0.1) is 10.1 Å². The van der Waals surface area contributed by atoms with Crippen LogP contribution in [0.25, 0.3) is 0 Å². The van der Waals surface area contributed by atoms with Crippen LogP contribution in [-0.2, 0) is 6.54 Å². The zero-order valence-corrected chi connectivity index (χ0v) is 12.6. The lowest BCUT2D eigenvalue weighted by Crippen LogP contribution is -2.04. The van der Waals surface area contributed by atoms with Crippen LogP contribution in [0.3, 0.4) is 0 Å². The molecule has 0 aliphatic heterocycles. The minimum absolute atomic E-state index is 0.135. The van der Waals surface area contributed by atoms with E-state index < -0.39 is 4.92 Å². The molecule has 0 radical (unpaired) electrons. The molecule has 8 nitrogen and oxygen atoms in total. The van der Waals surface area contributed by atoms with E-state index in [-0.39, 0.29) is 17.5 Å². The van der Waals surface area contributed by atoms with Crippen molar-refractivity contribution in [3.8, 4) is 0 Å². The monoisotopic (exact) mass is 303 g/mol. The van der Waals surface area contributed by atoms with Gasteiger partial charge in [0.15, 0.2) is 5.78 Å². The minimum atomic E-state index is -0.514. The van der Waals surface area contributed by atoms with Crippen molar-refractivity contribution in [2.24, 2.45) is 0 Å². The number of nitro benzene ring substituents is 1. The molecule has 2 rings (SSSR count). The lowest BCUT2D eigenvalue weighted by atomic mass is 10.1. The van der Waals surface area contributed by atoms with Crippen molar-refractivity contribution in [2.45, 2.75) is 33.4 Å². The number of nitro groups is 1. The molecule has 1 aromatic carbocycles. The molecule has 8 heteroatoms. The number of hydrogen-bond acceptors (Lipinski definition) is 6. The Hall–Kier alpha value is -2.77. The minimum Gasteiger partial charge on any atom is -0.374 e. The van der Waals surface area contributed by atoms with Crippen LogP contribution < -0.4 is 5.32 Å². The van der Waals surface area contributed by atoms with E-state index in [4.69, 9.17) is 0 Å². The number of carbonyl (C=O) groups excluding carboxylic acids is 1. The number of hydrogen-bond donors (Lipinski definition) is 1. The third-order valence-corrected chi connectivity index (χ3v) is 3.15. The lowest BCUT2D eigenvalue weighted by Gasteiger charge is -2.06. The van der Waals surface area contributed by atoms with Gasteiger partial charge < -0.3 is 5.32 Å². The van der Waals surface area contributed by atoms with Crippen LogP contribution in [-0.4, -0.2) is 25.7 Å². The highest BCUT2D eigenvalue weighted by Gasteiger charge is 2.16. The van der Waals surface area contributed by atoms with E-state index in [2.05, 4.69) is 15.6 Å². The number of benzene rings is 1. The fourth-order valence-electron chi connectivity index (χ4n) is 1.88. The Labute approximate surface area is 127 Å². The van der Waals surface area contributed by atoms with Crippen LogP contribution >= 0.6 is 0 Å². The predicted octanol–water partition coefficient (Wildman–Crippen LogP) is 2.58. The first-order valence-corrected chi connectivity index (χ1v) is 6.82. The normalized spacial score (nSPS) is 10.7. The van der Waals surface area contributed by atoms with Gasteiger partial charge >= 0.3 is 0 Å². The lowest BCUT2D eigenvalue weighted by molar-refractivity contribution is -0.384. The van der Waals surface area contributed by atoms with Crippen molar-refractivity contribution in [2.75, 3.05) is 5.32 Å². The Balaban J connectivity index is 2.18. The predicted molar refractivity (Wildman–Crippen MR) is 80.8 cm³/mol. The maximum absolute atomic E-state index is 11.3. The van der Waals surface area contributed by atoms with Crippen LogP contribution in [0.1, 0.15) is 42.9 Å². The first kappa shape index (κ1) is 15.6. The molecule has 0 aliphatic rings. The molecule has 0 unspecified atom stereocenters. The second kappa shape index (κ2) is 6.33. The van der Waals surface area contributed by atoms with Gasteiger partial charge in [0.2, 0.25) is 0 Å². The first-order valence-electron chi connectivity index (χ1n) is 6.82. The van der Waals surface area contributed by atoms with Crippen molar-refractivity contribution in [1.82, 2.24) is 15.0 Å². The number of nitrogens with zero attached hydrogens (tertiary/aromatic N) is 4. The van der Waals surface area contributed by atoms with E-state index in [0.29, 0.717) is 23.5 Å². The Kier molecular flexibility index (Phi) is 4.50. The number of anilines is 1. The molecule has 1 heterocycles. The first-order chi connectivity index (χ1) is 10.4. The van der Waals surface area contributed by atoms with Gasteiger partial charge in [-0.3, -0.25) is 14.9 Å². The quantitative estimate of drug-likeness (QED) is 0.500. The molecule has 0 spiro atoms. The number of ketones is 1. The summed E-state index contributed by atoms with van der Waals surface area (Å²) in [5, 5.41) is 22.1. The fourth-order valence-corrected chi connectivity index (χ4v) is 1.88. The summed E-state index contributed by atoms with van der Waals surface area (Å²) in [4.78, 5) is 21.9. The maximum Gasteiger partial charge on any atom is 0.293 e. The van der Waals surface area contributed by atoms with Gasteiger partial charge in [0.25, 0.3) is 5.69 Å². The number of carbonyl (C=O) groups is 1. The molecule has 0 aliphatic carbocycles. The maximum atomic E-state index is 11.3. The van der Waals surface area contributed by atoms with Crippen LogP contribution in [0.5, 0.6) is 0 Å². The third-order valence-electron chi connectivity index (χ3n) is 3.15. The second-order valence-corrected chi connectivity index (χ2v) is 5.18. The van der Waals surface area contributed by atoms with Gasteiger partial charge in [-0.25, -0.2) is 4.68 Å². The largest absolute Gasteiger partial charge is 0.374 e. The summed E-state index contributed by atoms with van der Waals surface area (Å²) in [6, 6.07) is 4.56. The summed E-state index contributed by atoms with van der Waals surface area (Å²) in [7, 11) is 0. The second-order valence-electron chi connectivity index (χ2n) is 5.18. The van der Waals surface area contributed by atoms with Gasteiger partial charge in [-0.1, -0.05) is 5.21 Å². The zero-order chi connectivity index (χ0) is 16.3. The molecule has 22 heavy (non-hydrogen) atoms. The van der Waals surface area contributed by atoms with E-state index in [1.807, 2.05) is 13.8 Å². The molecule has 2 aromatic rings. The van der Waals surface area contributed by atoms with Crippen molar-refractivity contribution in [3.05, 3.63) is 45.8 Å². The van der Waals surface area contributed by atoms with Crippen molar-refractivity contribution in [3.63, 3.8) is 0 Å². The van der Waals surface area contributed by atoms with E-state index in [9.17, 15) is 14.9 Å². The number of aromatic nitrogens is 3. The van der Waals surface area contributed by atoms with Crippen molar-refractivity contribution >= 4 is 17.2 Å². The molecule has 0 saturated carbocycles. The summed E-state index contributed by atoms with van der Waals surface area (Å²) >= 11 is 0. The summed E-state index contributed by atoms with van der Waals surface area (Å²) in [5.74, 6) is -0.213. The van der Waals surface area contributed by atoms with Gasteiger partial charge in [-0.2, -0.15) is 0 Å². The van der Waals surface area contributed by atoms with Crippen molar-refractivity contribution < 1.29 is 9.72 Å². The van der Waals surface area contributed by atoms with E-state index in [1.165, 1.54) is 19.1 Å². The molecular weight excluding hydrogens is 286 g/mol. The number of nitrogens with one attached hydrogen (secondary N) is 1. The summed E-state index contributed by atoms with van der Waals surface area (Å²) < 4.78 is 1.71. The van der Waals surface area contributed by atoms with E-state index in [0.717, 1.165) is 0 Å². The van der Waals surface area contributed by atoms with Gasteiger partial charge in [0, 0.05) is 17.7 Å². The van der Waals surface area contributed by atoms with Gasteiger partial charge in [-0.15, -0.1) is 5.10 Å². The van der Waals surface area contributed by atoms with Crippen LogP contribution in [0.4, 0.5) is 11.4 Å². The molecule has 0 bridgehead atoms. The molecule has 0 atom stereocenters. The molecule has 116 valence electrons. The SMILES string of the molecule is CC(=O)c1ccc(NCc2cn(C(C)C)nn2)c([N+](=O)[O-])c1. The molecule has 0 amide bonds. The summed E-state index contributed by atoms with van der Waals surface area (Å²) in [5.41, 5.74) is 1.19. The Morgan fingerprint density at radius 3 is 2.73 bits per heavy atom. The highest BCUT2D eigenvalue weighted by atomic mass is 16.6. The smallest absolute Gasteiger partial charge is 0.293 e. The van der Waals surface area contributed by atoms with E-state index >= 15 is 0 Å². The Morgan fingerprint density at radius 1 is 1.45 bits per heavy atom. The Morgan fingerprint density at radius 2 is 2.18 bits per heavy atom. The third kappa shape index (κ3) is 3.46. The highest BCUT2D eigenvalue weighted by molar-refractivity contribution is 5.95. The van der Waals surface area contributed by atoms with Gasteiger partial charge in [0.1, 0.15) is 11.4 Å². The fraction of sp³-hybridized carbons (Fsp3) is 0.357. The zero-order valence-electron chi connectivity index (χ0n) is 12.6. The molecular formula is C14H17N5O3. The number of rotatable bonds is 6. The summed E-state index contributed by atoms with van der Waals surface area (Å²) in [6.45, 7) is 5.65. The van der Waals surface area contributed by atoms with Crippen molar-refractivity contribution in [1.29, 1.82) is 0 Å². The Bertz CT molecular complexity index is 708. The molecule has 1 N–H and O–H groups in total. The molecule has 0 saturated heterocycles. The van der Waals surface area contributed by atoms with E-state index in [1.54, 1.807) is 16.9 Å². The molecule has 0 fully saturated rings. The van der Waals surface area contributed by atoms with Crippen LogP contribution in [0.2, 0.25) is 0 Å². The standard InChI is InChI=1S/C14H17N5O3/c1-9(2)18-8-12(16-17-18)7-15-13-5-4-11(10(3)20)6-14(13)19(21)22/h4-6,8-9,15H,7H2,1-3H3. The van der Waals surface area contributed by atoms with Gasteiger partial charge in [-0.05, 0) is 32.9 Å².